The topological polar surface area (TPSA) is 113 Å². The summed E-state index contributed by atoms with van der Waals surface area (Å²) in [6.07, 6.45) is 6.76. The smallest absolute Gasteiger partial charge is 0.319 e. The van der Waals surface area contributed by atoms with Crippen LogP contribution in [0, 0.1) is 0 Å². The maximum absolute atomic E-state index is 13.4. The lowest BCUT2D eigenvalue weighted by Gasteiger charge is -2.32. The van der Waals surface area contributed by atoms with E-state index in [9.17, 15) is 9.90 Å². The number of aliphatic hydroxyl groups excluding tert-OH is 1. The molecule has 2 amide bonds. The highest BCUT2D eigenvalue weighted by Crippen LogP contribution is 2.40. The fourth-order valence-electron chi connectivity index (χ4n) is 6.66. The number of nitrogens with one attached hydrogen (secondary N) is 2. The molecule has 1 fully saturated rings. The molecule has 0 spiro atoms. The summed E-state index contributed by atoms with van der Waals surface area (Å²) < 4.78 is 14.3. The fourth-order valence-corrected chi connectivity index (χ4v) is 6.66. The van der Waals surface area contributed by atoms with Gasteiger partial charge < -0.3 is 25.2 Å². The number of aliphatic hydroxyl groups is 1. The Hall–Kier alpha value is -4.15. The van der Waals surface area contributed by atoms with Crippen LogP contribution in [0.2, 0.25) is 0 Å². The third-order valence-electron chi connectivity index (χ3n) is 9.14. The van der Waals surface area contributed by atoms with Crippen molar-refractivity contribution >= 4 is 17.4 Å². The zero-order chi connectivity index (χ0) is 31.7. The molecule has 1 aliphatic carbocycles. The standard InChI is InChI=1S/C35H44N6O4/c1-35(2,3)23-18-22(21-42)32(44-5)28(19-23)37-34(43)36-27-14-15-30(26-11-7-6-10-25(26)27)45-24-13-16-31-38-39-33(41(31)20-24)29-12-8-9-17-40(29)4/h6-7,10-11,13,16,18-20,27,29-30,42H,8-9,12,14-15,17,21H2,1-5H3,(H2,36,37,43)/t27-,29?,30+/m0/s1. The number of aromatic nitrogens is 3. The molecule has 1 saturated heterocycles. The third kappa shape index (κ3) is 6.35. The van der Waals surface area contributed by atoms with Crippen molar-refractivity contribution in [2.45, 2.75) is 83.1 Å². The van der Waals surface area contributed by atoms with Gasteiger partial charge in [0.05, 0.1) is 37.7 Å². The van der Waals surface area contributed by atoms with Crippen LogP contribution in [0.3, 0.4) is 0 Å². The van der Waals surface area contributed by atoms with E-state index in [4.69, 9.17) is 9.47 Å². The van der Waals surface area contributed by atoms with Crippen molar-refractivity contribution in [3.05, 3.63) is 82.8 Å². The summed E-state index contributed by atoms with van der Waals surface area (Å²) in [6, 6.07) is 15.6. The fraction of sp³-hybridized carbons (Fsp3) is 0.457. The van der Waals surface area contributed by atoms with Crippen LogP contribution in [0.25, 0.3) is 5.65 Å². The number of piperidine rings is 1. The predicted molar refractivity (Wildman–Crippen MR) is 174 cm³/mol. The molecule has 0 saturated carbocycles. The van der Waals surface area contributed by atoms with E-state index in [0.717, 1.165) is 53.3 Å². The van der Waals surface area contributed by atoms with Crippen LogP contribution in [-0.4, -0.2) is 51.3 Å². The first-order valence-electron chi connectivity index (χ1n) is 15.9. The molecule has 2 aromatic carbocycles. The van der Waals surface area contributed by atoms with Crippen molar-refractivity contribution < 1.29 is 19.4 Å². The Morgan fingerprint density at radius 2 is 1.84 bits per heavy atom. The number of hydrogen-bond acceptors (Lipinski definition) is 7. The second-order valence-corrected chi connectivity index (χ2v) is 13.2. The summed E-state index contributed by atoms with van der Waals surface area (Å²) in [5.41, 5.74) is 4.88. The first-order chi connectivity index (χ1) is 21.7. The minimum absolute atomic E-state index is 0.160. The first kappa shape index (κ1) is 30.9. The number of fused-ring (bicyclic) bond motifs is 2. The number of nitrogens with zero attached hydrogens (tertiary/aromatic N) is 4. The maximum atomic E-state index is 13.4. The summed E-state index contributed by atoms with van der Waals surface area (Å²) >= 11 is 0. The molecule has 1 aliphatic heterocycles. The zero-order valence-corrected chi connectivity index (χ0v) is 26.8. The molecular weight excluding hydrogens is 568 g/mol. The second-order valence-electron chi connectivity index (χ2n) is 13.2. The van der Waals surface area contributed by atoms with Crippen LogP contribution < -0.4 is 20.1 Å². The molecule has 3 atom stereocenters. The van der Waals surface area contributed by atoms with E-state index in [1.54, 1.807) is 7.11 Å². The molecule has 2 aliphatic rings. The lowest BCUT2D eigenvalue weighted by molar-refractivity contribution is 0.170. The van der Waals surface area contributed by atoms with Gasteiger partial charge in [-0.05, 0) is 85.6 Å². The van der Waals surface area contributed by atoms with Gasteiger partial charge in [-0.2, -0.15) is 0 Å². The Balaban J connectivity index is 1.20. The van der Waals surface area contributed by atoms with E-state index < -0.39 is 0 Å². The molecule has 6 rings (SSSR count). The average Bonchev–Trinajstić information content (AvgIpc) is 3.44. The highest BCUT2D eigenvalue weighted by Gasteiger charge is 2.31. The van der Waals surface area contributed by atoms with E-state index in [1.807, 2.05) is 42.6 Å². The molecular formula is C35H44N6O4. The van der Waals surface area contributed by atoms with Gasteiger partial charge >= 0.3 is 6.03 Å². The number of rotatable bonds is 7. The normalized spacial score (nSPS) is 20.4. The quantitative estimate of drug-likeness (QED) is 0.220. The van der Waals surface area contributed by atoms with Crippen LogP contribution in [0.4, 0.5) is 10.5 Å². The Morgan fingerprint density at radius 1 is 1.04 bits per heavy atom. The number of urea groups is 1. The van der Waals surface area contributed by atoms with Gasteiger partial charge in [-0.1, -0.05) is 51.5 Å². The summed E-state index contributed by atoms with van der Waals surface area (Å²) in [5, 5.41) is 25.1. The molecule has 238 valence electrons. The van der Waals surface area contributed by atoms with E-state index in [-0.39, 0.29) is 36.2 Å². The summed E-state index contributed by atoms with van der Waals surface area (Å²) in [7, 11) is 3.70. The van der Waals surface area contributed by atoms with E-state index in [2.05, 4.69) is 70.1 Å². The summed E-state index contributed by atoms with van der Waals surface area (Å²) in [5.74, 6) is 2.17. The zero-order valence-electron chi connectivity index (χ0n) is 26.8. The van der Waals surface area contributed by atoms with Crippen LogP contribution >= 0.6 is 0 Å². The lowest BCUT2D eigenvalue weighted by Crippen LogP contribution is -2.35. The number of likely N-dealkylation sites (tertiary alicyclic amines) is 1. The molecule has 10 nitrogen and oxygen atoms in total. The first-order valence-corrected chi connectivity index (χ1v) is 15.9. The molecule has 10 heteroatoms. The van der Waals surface area contributed by atoms with E-state index >= 15 is 0 Å². The number of anilines is 1. The Labute approximate surface area is 264 Å². The second kappa shape index (κ2) is 12.7. The largest absolute Gasteiger partial charge is 0.494 e. The van der Waals surface area contributed by atoms with E-state index in [0.29, 0.717) is 23.4 Å². The van der Waals surface area contributed by atoms with Gasteiger partial charge in [0.25, 0.3) is 0 Å². The molecule has 1 unspecified atom stereocenters. The van der Waals surface area contributed by atoms with Gasteiger partial charge in [-0.3, -0.25) is 9.30 Å². The minimum Gasteiger partial charge on any atom is -0.494 e. The number of methoxy groups -OCH3 is 1. The number of carbonyl (C=O) groups is 1. The predicted octanol–water partition coefficient (Wildman–Crippen LogP) is 6.46. The van der Waals surface area contributed by atoms with Crippen molar-refractivity contribution in [3.63, 3.8) is 0 Å². The number of amides is 2. The highest BCUT2D eigenvalue weighted by molar-refractivity contribution is 5.92. The van der Waals surface area contributed by atoms with Crippen LogP contribution in [0.15, 0.2) is 54.7 Å². The molecule has 45 heavy (non-hydrogen) atoms. The summed E-state index contributed by atoms with van der Waals surface area (Å²) in [6.45, 7) is 7.15. The highest BCUT2D eigenvalue weighted by atomic mass is 16.5. The Kier molecular flexibility index (Phi) is 8.70. The van der Waals surface area contributed by atoms with Gasteiger partial charge in [-0.15, -0.1) is 10.2 Å². The van der Waals surface area contributed by atoms with Gasteiger partial charge in [0.15, 0.2) is 11.5 Å². The number of benzene rings is 2. The number of pyridine rings is 1. The Morgan fingerprint density at radius 3 is 2.58 bits per heavy atom. The van der Waals surface area contributed by atoms with Gasteiger partial charge in [0.2, 0.25) is 0 Å². The van der Waals surface area contributed by atoms with Crippen molar-refractivity contribution in [1.82, 2.24) is 24.8 Å². The van der Waals surface area contributed by atoms with Crippen molar-refractivity contribution in [2.24, 2.45) is 0 Å². The SMILES string of the molecule is COc1c(CO)cc(C(C)(C)C)cc1NC(=O)N[C@H]1CC[C@@H](Oc2ccc3nnc(C4CCCCN4C)n3c2)c2ccccc21. The third-order valence-corrected chi connectivity index (χ3v) is 9.14. The minimum atomic E-state index is -0.333. The number of ether oxygens (including phenoxy) is 2. The Bertz CT molecular complexity index is 1680. The van der Waals surface area contributed by atoms with Crippen molar-refractivity contribution in [2.75, 3.05) is 26.0 Å². The van der Waals surface area contributed by atoms with E-state index in [1.165, 1.54) is 12.8 Å². The maximum Gasteiger partial charge on any atom is 0.319 e. The summed E-state index contributed by atoms with van der Waals surface area (Å²) in [4.78, 5) is 15.7. The van der Waals surface area contributed by atoms with Crippen LogP contribution in [0.1, 0.15) is 99.1 Å². The number of carbonyl (C=O) groups excluding carboxylic acids is 1. The molecule has 3 N–H and O–H groups in total. The average molecular weight is 613 g/mol. The van der Waals surface area contributed by atoms with Gasteiger partial charge in [0, 0.05) is 5.56 Å². The van der Waals surface area contributed by atoms with Crippen LogP contribution in [-0.2, 0) is 12.0 Å². The van der Waals surface area contributed by atoms with Crippen LogP contribution in [0.5, 0.6) is 11.5 Å². The van der Waals surface area contributed by atoms with Gasteiger partial charge in [0.1, 0.15) is 17.6 Å². The molecule has 0 bridgehead atoms. The van der Waals surface area contributed by atoms with Gasteiger partial charge in [-0.25, -0.2) is 4.79 Å². The molecule has 0 radical (unpaired) electrons. The monoisotopic (exact) mass is 612 g/mol. The number of hydrogen-bond donors (Lipinski definition) is 3. The van der Waals surface area contributed by atoms with Crippen molar-refractivity contribution in [1.29, 1.82) is 0 Å². The molecule has 2 aromatic heterocycles. The lowest BCUT2D eigenvalue weighted by atomic mass is 9.85. The van der Waals surface area contributed by atoms with Crippen molar-refractivity contribution in [3.8, 4) is 11.5 Å². The molecule has 4 aromatic rings. The molecule has 3 heterocycles.